The van der Waals surface area contributed by atoms with Gasteiger partial charge in [-0.2, -0.15) is 13.2 Å². The van der Waals surface area contributed by atoms with Crippen molar-refractivity contribution in [1.29, 1.82) is 0 Å². The maximum atomic E-state index is 13.1. The molecule has 1 atom stereocenters. The van der Waals surface area contributed by atoms with E-state index in [1.54, 1.807) is 6.07 Å². The van der Waals surface area contributed by atoms with Gasteiger partial charge in [0.2, 0.25) is 0 Å². The number of hydrogen-bond acceptors (Lipinski definition) is 3. The zero-order valence-corrected chi connectivity index (χ0v) is 12.8. The second-order valence-corrected chi connectivity index (χ2v) is 5.91. The number of alkyl halides is 3. The molecule has 21 heavy (non-hydrogen) atoms. The number of halogens is 5. The number of nitrogens with one attached hydrogen (secondary N) is 1. The monoisotopic (exact) mass is 380 g/mol. The van der Waals surface area contributed by atoms with Gasteiger partial charge in [0, 0.05) is 21.8 Å². The molecule has 0 radical (unpaired) electrons. The molecule has 1 aromatic carbocycles. The summed E-state index contributed by atoms with van der Waals surface area (Å²) in [6.07, 6.45) is -1.52. The van der Waals surface area contributed by atoms with Gasteiger partial charge in [0.15, 0.2) is 0 Å². The lowest BCUT2D eigenvalue weighted by atomic mass is 10.1. The van der Waals surface area contributed by atoms with Crippen LogP contribution < -0.4 is 4.72 Å². The number of hydrogen-bond donors (Lipinski definition) is 1. The van der Waals surface area contributed by atoms with Gasteiger partial charge in [-0.25, -0.2) is 9.11 Å². The predicted molar refractivity (Wildman–Crippen MR) is 76.1 cm³/mol. The Morgan fingerprint density at radius 2 is 1.81 bits per heavy atom. The standard InChI is InChI=1S/C13H9BrF4N2S/c14-9-5-11(7-19-6-9)21-20-12(13(16,17)18)8-1-3-10(15)4-2-8/h1-7,12,20H. The third kappa shape index (κ3) is 4.69. The molecule has 2 nitrogen and oxygen atoms in total. The maximum absolute atomic E-state index is 13.1. The van der Waals surface area contributed by atoms with Crippen LogP contribution in [0.2, 0.25) is 0 Å². The van der Waals surface area contributed by atoms with E-state index >= 15 is 0 Å². The van der Waals surface area contributed by atoms with Gasteiger partial charge in [0.05, 0.1) is 0 Å². The van der Waals surface area contributed by atoms with Crippen molar-refractivity contribution >= 4 is 27.9 Å². The van der Waals surface area contributed by atoms with Crippen molar-refractivity contribution in [3.8, 4) is 0 Å². The topological polar surface area (TPSA) is 24.9 Å². The van der Waals surface area contributed by atoms with E-state index in [1.807, 2.05) is 0 Å². The molecule has 1 heterocycles. The van der Waals surface area contributed by atoms with Gasteiger partial charge in [0.25, 0.3) is 0 Å². The van der Waals surface area contributed by atoms with Gasteiger partial charge in [-0.1, -0.05) is 12.1 Å². The molecule has 2 rings (SSSR count). The Bertz CT molecular complexity index is 604. The van der Waals surface area contributed by atoms with E-state index in [4.69, 9.17) is 0 Å². The van der Waals surface area contributed by atoms with Crippen molar-refractivity contribution in [2.24, 2.45) is 0 Å². The average molecular weight is 381 g/mol. The van der Waals surface area contributed by atoms with Crippen LogP contribution >= 0.6 is 27.9 Å². The molecule has 1 aromatic heterocycles. The highest BCUT2D eigenvalue weighted by atomic mass is 79.9. The fourth-order valence-corrected chi connectivity index (χ4v) is 2.89. The Morgan fingerprint density at radius 1 is 1.14 bits per heavy atom. The number of pyridine rings is 1. The van der Waals surface area contributed by atoms with Crippen LogP contribution in [0.25, 0.3) is 0 Å². The van der Waals surface area contributed by atoms with Crippen molar-refractivity contribution in [2.45, 2.75) is 17.1 Å². The van der Waals surface area contributed by atoms with E-state index in [-0.39, 0.29) is 5.56 Å². The molecule has 2 aromatic rings. The minimum absolute atomic E-state index is 0.0562. The Labute approximate surface area is 131 Å². The quantitative estimate of drug-likeness (QED) is 0.604. The number of benzene rings is 1. The van der Waals surface area contributed by atoms with Crippen molar-refractivity contribution < 1.29 is 17.6 Å². The first-order valence-corrected chi connectivity index (χ1v) is 7.32. The van der Waals surface area contributed by atoms with Crippen LogP contribution in [0.4, 0.5) is 17.6 Å². The Kier molecular flexibility index (Phi) is 5.23. The summed E-state index contributed by atoms with van der Waals surface area (Å²) in [5, 5.41) is 0. The Morgan fingerprint density at radius 3 is 2.38 bits per heavy atom. The zero-order valence-electron chi connectivity index (χ0n) is 10.4. The summed E-state index contributed by atoms with van der Waals surface area (Å²) in [4.78, 5) is 4.40. The van der Waals surface area contributed by atoms with Crippen molar-refractivity contribution in [1.82, 2.24) is 9.71 Å². The molecular weight excluding hydrogens is 372 g/mol. The van der Waals surface area contributed by atoms with Crippen molar-refractivity contribution in [3.63, 3.8) is 0 Å². The largest absolute Gasteiger partial charge is 0.408 e. The zero-order chi connectivity index (χ0) is 15.5. The van der Waals surface area contributed by atoms with Crippen LogP contribution in [0.3, 0.4) is 0 Å². The summed E-state index contributed by atoms with van der Waals surface area (Å²) in [6, 6.07) is 3.97. The third-order valence-corrected chi connectivity index (χ3v) is 3.75. The van der Waals surface area contributed by atoms with Crippen LogP contribution in [-0.2, 0) is 0 Å². The van der Waals surface area contributed by atoms with E-state index in [2.05, 4.69) is 25.6 Å². The third-order valence-electron chi connectivity index (χ3n) is 2.51. The van der Waals surface area contributed by atoms with E-state index < -0.39 is 18.0 Å². The van der Waals surface area contributed by atoms with Gasteiger partial charge >= 0.3 is 6.18 Å². The van der Waals surface area contributed by atoms with Crippen molar-refractivity contribution in [3.05, 3.63) is 58.6 Å². The summed E-state index contributed by atoms with van der Waals surface area (Å²) in [6.45, 7) is 0. The van der Waals surface area contributed by atoms with Crippen LogP contribution in [0, 0.1) is 5.82 Å². The lowest BCUT2D eigenvalue weighted by Gasteiger charge is -2.21. The maximum Gasteiger partial charge on any atom is 0.408 e. The summed E-state index contributed by atoms with van der Waals surface area (Å²) in [7, 11) is 0. The lowest BCUT2D eigenvalue weighted by molar-refractivity contribution is -0.152. The van der Waals surface area contributed by atoms with Crippen LogP contribution in [0.15, 0.2) is 52.1 Å². The molecule has 0 saturated carbocycles. The second kappa shape index (κ2) is 6.76. The molecule has 0 aliphatic heterocycles. The van der Waals surface area contributed by atoms with Gasteiger partial charge in [-0.3, -0.25) is 4.98 Å². The number of nitrogens with zero attached hydrogens (tertiary/aromatic N) is 1. The summed E-state index contributed by atoms with van der Waals surface area (Å²) in [5.74, 6) is -0.580. The summed E-state index contributed by atoms with van der Waals surface area (Å²) >= 11 is 4.01. The van der Waals surface area contributed by atoms with Crippen molar-refractivity contribution in [2.75, 3.05) is 0 Å². The fourth-order valence-electron chi connectivity index (χ4n) is 1.55. The smallest absolute Gasteiger partial charge is 0.262 e. The predicted octanol–water partition coefficient (Wildman–Crippen LogP) is 4.88. The highest BCUT2D eigenvalue weighted by molar-refractivity contribution is 9.10. The molecule has 0 amide bonds. The highest BCUT2D eigenvalue weighted by Gasteiger charge is 2.40. The number of rotatable bonds is 4. The molecule has 0 bridgehead atoms. The first-order valence-electron chi connectivity index (χ1n) is 5.71. The molecule has 0 spiro atoms. The first kappa shape index (κ1) is 16.3. The molecule has 1 unspecified atom stereocenters. The lowest BCUT2D eigenvalue weighted by Crippen LogP contribution is -2.30. The minimum atomic E-state index is -4.50. The molecule has 0 saturated heterocycles. The van der Waals surface area contributed by atoms with Crippen LogP contribution in [0.5, 0.6) is 0 Å². The summed E-state index contributed by atoms with van der Waals surface area (Å²) < 4.78 is 55.1. The van der Waals surface area contributed by atoms with Crippen LogP contribution in [-0.4, -0.2) is 11.2 Å². The van der Waals surface area contributed by atoms with Gasteiger partial charge in [0.1, 0.15) is 11.9 Å². The van der Waals surface area contributed by atoms with E-state index in [1.165, 1.54) is 12.4 Å². The highest BCUT2D eigenvalue weighted by Crippen LogP contribution is 2.35. The average Bonchev–Trinajstić information content (AvgIpc) is 2.39. The molecule has 0 fully saturated rings. The SMILES string of the molecule is Fc1ccc(C(NSc2cncc(Br)c2)C(F)(F)F)cc1. The summed E-state index contributed by atoms with van der Waals surface area (Å²) in [5.41, 5.74) is -0.0562. The molecule has 112 valence electrons. The normalized spacial score (nSPS) is 13.2. The number of aromatic nitrogens is 1. The van der Waals surface area contributed by atoms with Gasteiger partial charge in [-0.05, 0) is 51.6 Å². The molecular formula is C13H9BrF4N2S. The molecule has 8 heteroatoms. The Balaban J connectivity index is 2.16. The van der Waals surface area contributed by atoms with E-state index in [0.29, 0.717) is 9.37 Å². The molecule has 1 N–H and O–H groups in total. The minimum Gasteiger partial charge on any atom is -0.262 e. The van der Waals surface area contributed by atoms with E-state index in [0.717, 1.165) is 36.2 Å². The second-order valence-electron chi connectivity index (χ2n) is 4.08. The fraction of sp³-hybridized carbons (Fsp3) is 0.154. The molecule has 0 aliphatic carbocycles. The van der Waals surface area contributed by atoms with Gasteiger partial charge < -0.3 is 0 Å². The van der Waals surface area contributed by atoms with Gasteiger partial charge in [-0.15, -0.1) is 0 Å². The first-order chi connectivity index (χ1) is 9.86. The van der Waals surface area contributed by atoms with E-state index in [9.17, 15) is 17.6 Å². The van der Waals surface area contributed by atoms with Crippen LogP contribution in [0.1, 0.15) is 11.6 Å². The Hall–Kier alpha value is -1.12. The molecule has 0 aliphatic rings.